The van der Waals surface area contributed by atoms with Crippen LogP contribution in [-0.4, -0.2) is 62.1 Å². The van der Waals surface area contributed by atoms with Crippen molar-refractivity contribution < 1.29 is 14.7 Å². The van der Waals surface area contributed by atoms with Gasteiger partial charge in [-0.2, -0.15) is 0 Å². The van der Waals surface area contributed by atoms with E-state index in [1.54, 1.807) is 38.6 Å². The summed E-state index contributed by atoms with van der Waals surface area (Å²) in [5, 5.41) is 10.9. The number of aliphatic imine (C=N–C) groups is 1. The summed E-state index contributed by atoms with van der Waals surface area (Å²) >= 11 is 0.979. The Kier molecular flexibility index (Phi) is 6.35. The molecule has 3 N–H and O–H groups in total. The maximum absolute atomic E-state index is 13.5. The highest BCUT2D eigenvalue weighted by molar-refractivity contribution is 8.13. The molecule has 3 heterocycles. The van der Waals surface area contributed by atoms with Crippen molar-refractivity contribution in [3.05, 3.63) is 40.2 Å². The van der Waals surface area contributed by atoms with Gasteiger partial charge in [0.1, 0.15) is 6.17 Å². The van der Waals surface area contributed by atoms with Crippen LogP contribution in [0.3, 0.4) is 0 Å². The SMILES string of the molecule is CCN1C(=O)N(CC)C2NNC(Sc3c(C(=O)O)c4ccccc4n(CC(C)C)c3=O)=NC21. The Morgan fingerprint density at radius 2 is 1.88 bits per heavy atom. The first kappa shape index (κ1) is 23.1. The zero-order valence-electron chi connectivity index (χ0n) is 19.0. The lowest BCUT2D eigenvalue weighted by molar-refractivity contribution is 0.0695. The summed E-state index contributed by atoms with van der Waals surface area (Å²) in [6.45, 7) is 9.26. The molecule has 10 nitrogen and oxygen atoms in total. The number of para-hydroxylation sites is 1. The van der Waals surface area contributed by atoms with Crippen molar-refractivity contribution in [2.75, 3.05) is 13.1 Å². The molecule has 1 fully saturated rings. The molecule has 2 atom stereocenters. The van der Waals surface area contributed by atoms with Crippen molar-refractivity contribution in [3.8, 4) is 0 Å². The van der Waals surface area contributed by atoms with Crippen molar-refractivity contribution in [2.45, 2.75) is 51.5 Å². The van der Waals surface area contributed by atoms with E-state index in [0.717, 1.165) is 11.8 Å². The number of carboxylic acids is 1. The number of hydrazine groups is 1. The third-order valence-corrected chi connectivity index (χ3v) is 6.76. The van der Waals surface area contributed by atoms with E-state index in [1.807, 2.05) is 27.7 Å². The van der Waals surface area contributed by atoms with Gasteiger partial charge in [-0.1, -0.05) is 32.0 Å². The maximum Gasteiger partial charge on any atom is 0.337 e. The molecule has 176 valence electrons. The molecule has 0 radical (unpaired) electrons. The molecule has 33 heavy (non-hydrogen) atoms. The first-order valence-corrected chi connectivity index (χ1v) is 11.8. The van der Waals surface area contributed by atoms with E-state index >= 15 is 0 Å². The Balaban J connectivity index is 1.82. The normalized spacial score (nSPS) is 20.3. The van der Waals surface area contributed by atoms with Crippen molar-refractivity contribution in [3.63, 3.8) is 0 Å². The van der Waals surface area contributed by atoms with E-state index in [0.29, 0.717) is 35.7 Å². The Hall–Kier alpha value is -3.05. The molecule has 1 saturated heterocycles. The second kappa shape index (κ2) is 9.06. The van der Waals surface area contributed by atoms with Crippen LogP contribution in [-0.2, 0) is 6.54 Å². The minimum absolute atomic E-state index is 0.0442. The molecule has 2 unspecified atom stereocenters. The third-order valence-electron chi connectivity index (χ3n) is 5.78. The van der Waals surface area contributed by atoms with E-state index < -0.39 is 12.1 Å². The van der Waals surface area contributed by atoms with Crippen molar-refractivity contribution in [1.82, 2.24) is 25.2 Å². The quantitative estimate of drug-likeness (QED) is 0.590. The van der Waals surface area contributed by atoms with Gasteiger partial charge in [-0.25, -0.2) is 20.0 Å². The van der Waals surface area contributed by atoms with Gasteiger partial charge in [0.25, 0.3) is 5.56 Å². The largest absolute Gasteiger partial charge is 0.478 e. The summed E-state index contributed by atoms with van der Waals surface area (Å²) in [5.41, 5.74) is 6.25. The summed E-state index contributed by atoms with van der Waals surface area (Å²) in [7, 11) is 0. The molecule has 0 aliphatic carbocycles. The average Bonchev–Trinajstić information content (AvgIpc) is 3.05. The number of carboxylic acid groups (broad SMARTS) is 1. The minimum Gasteiger partial charge on any atom is -0.478 e. The van der Waals surface area contributed by atoms with Gasteiger partial charge in [-0.15, -0.1) is 0 Å². The number of pyridine rings is 1. The molecule has 2 aliphatic heterocycles. The van der Waals surface area contributed by atoms with E-state index in [9.17, 15) is 19.5 Å². The Labute approximate surface area is 195 Å². The molecular formula is C22H28N6O4S. The smallest absolute Gasteiger partial charge is 0.337 e. The number of thioether (sulfide) groups is 1. The van der Waals surface area contributed by atoms with Gasteiger partial charge in [0.2, 0.25) is 0 Å². The summed E-state index contributed by atoms with van der Waals surface area (Å²) < 4.78 is 1.63. The molecule has 2 amide bonds. The maximum atomic E-state index is 13.5. The highest BCUT2D eigenvalue weighted by Gasteiger charge is 2.46. The highest BCUT2D eigenvalue weighted by Crippen LogP contribution is 2.30. The van der Waals surface area contributed by atoms with Crippen LogP contribution >= 0.6 is 11.8 Å². The highest BCUT2D eigenvalue weighted by atomic mass is 32.2. The molecule has 4 rings (SSSR count). The number of hydrogen-bond acceptors (Lipinski definition) is 7. The standard InChI is InChI=1S/C22H28N6O4S/c1-5-26-17-18(27(6-2)22(26)32)24-25-21(23-17)33-16-15(20(30)31)13-9-7-8-10-14(13)28(19(16)29)11-12(3)4/h7-10,12,17-18,24H,5-6,11H2,1-4H3,(H,23,25)(H,30,31). The van der Waals surface area contributed by atoms with Gasteiger partial charge in [0, 0.05) is 25.0 Å². The number of hydrogen-bond donors (Lipinski definition) is 3. The van der Waals surface area contributed by atoms with Gasteiger partial charge in [-0.3, -0.25) is 15.1 Å². The molecule has 0 saturated carbocycles. The summed E-state index contributed by atoms with van der Waals surface area (Å²) in [4.78, 5) is 46.6. The average molecular weight is 473 g/mol. The molecule has 2 aromatic rings. The van der Waals surface area contributed by atoms with Gasteiger partial charge >= 0.3 is 12.0 Å². The fraction of sp³-hybridized carbons (Fsp3) is 0.455. The number of nitrogens with zero attached hydrogens (tertiary/aromatic N) is 4. The van der Waals surface area contributed by atoms with Gasteiger partial charge in [0.05, 0.1) is 16.0 Å². The number of amides is 2. The van der Waals surface area contributed by atoms with Crippen LogP contribution in [0, 0.1) is 5.92 Å². The molecule has 1 aromatic carbocycles. The Bertz CT molecular complexity index is 1190. The number of urea groups is 1. The topological polar surface area (TPSA) is 119 Å². The first-order chi connectivity index (χ1) is 15.8. The number of benzene rings is 1. The summed E-state index contributed by atoms with van der Waals surface area (Å²) in [5.74, 6) is -0.983. The number of fused-ring (bicyclic) bond motifs is 2. The predicted molar refractivity (Wildman–Crippen MR) is 127 cm³/mol. The molecule has 11 heteroatoms. The molecular weight excluding hydrogens is 444 g/mol. The molecule has 2 aliphatic rings. The fourth-order valence-electron chi connectivity index (χ4n) is 4.35. The fourth-order valence-corrected chi connectivity index (χ4v) is 5.31. The van der Waals surface area contributed by atoms with Crippen LogP contribution in [0.15, 0.2) is 38.9 Å². The second-order valence-electron chi connectivity index (χ2n) is 8.35. The number of aromatic nitrogens is 1. The summed E-state index contributed by atoms with van der Waals surface area (Å²) in [6.07, 6.45) is -0.822. The lowest BCUT2D eigenvalue weighted by Crippen LogP contribution is -2.58. The number of likely N-dealkylation sites (N-methyl/N-ethyl adjacent to an activating group) is 2. The number of nitrogens with one attached hydrogen (secondary N) is 2. The van der Waals surface area contributed by atoms with Crippen LogP contribution in [0.25, 0.3) is 10.9 Å². The van der Waals surface area contributed by atoms with E-state index in [4.69, 9.17) is 0 Å². The number of amidine groups is 1. The first-order valence-electron chi connectivity index (χ1n) is 11.0. The molecule has 0 spiro atoms. The van der Waals surface area contributed by atoms with Crippen LogP contribution in [0.2, 0.25) is 0 Å². The Morgan fingerprint density at radius 3 is 2.52 bits per heavy atom. The number of carbonyl (C=O) groups excluding carboxylic acids is 1. The van der Waals surface area contributed by atoms with Gasteiger partial charge in [-0.05, 0) is 37.6 Å². The van der Waals surface area contributed by atoms with Crippen molar-refractivity contribution in [2.24, 2.45) is 10.9 Å². The number of carbonyl (C=O) groups is 2. The van der Waals surface area contributed by atoms with Gasteiger partial charge in [0.15, 0.2) is 11.3 Å². The third kappa shape index (κ3) is 3.95. The number of aromatic carboxylic acids is 1. The Morgan fingerprint density at radius 1 is 1.18 bits per heavy atom. The zero-order valence-corrected chi connectivity index (χ0v) is 19.8. The van der Waals surface area contributed by atoms with Crippen LogP contribution < -0.4 is 16.4 Å². The van der Waals surface area contributed by atoms with Crippen LogP contribution in [0.4, 0.5) is 4.79 Å². The van der Waals surface area contributed by atoms with Crippen molar-refractivity contribution in [1.29, 1.82) is 0 Å². The predicted octanol–water partition coefficient (Wildman–Crippen LogP) is 2.34. The zero-order chi connectivity index (χ0) is 23.9. The van der Waals surface area contributed by atoms with E-state index in [2.05, 4.69) is 15.8 Å². The number of rotatable bonds is 6. The van der Waals surface area contributed by atoms with Crippen molar-refractivity contribution >= 4 is 39.8 Å². The van der Waals surface area contributed by atoms with Crippen LogP contribution in [0.5, 0.6) is 0 Å². The second-order valence-corrected chi connectivity index (χ2v) is 9.35. The summed E-state index contributed by atoms with van der Waals surface area (Å²) in [6, 6.07) is 6.93. The molecule has 1 aromatic heterocycles. The van der Waals surface area contributed by atoms with E-state index in [1.165, 1.54) is 0 Å². The monoisotopic (exact) mass is 472 g/mol. The molecule has 0 bridgehead atoms. The van der Waals surface area contributed by atoms with Crippen LogP contribution in [0.1, 0.15) is 38.1 Å². The van der Waals surface area contributed by atoms with E-state index in [-0.39, 0.29) is 34.1 Å². The lowest BCUT2D eigenvalue weighted by atomic mass is 10.1. The van der Waals surface area contributed by atoms with Gasteiger partial charge < -0.3 is 14.6 Å². The lowest BCUT2D eigenvalue weighted by Gasteiger charge is -2.31. The minimum atomic E-state index is -1.17.